The van der Waals surface area contributed by atoms with Gasteiger partial charge in [-0.25, -0.2) is 0 Å². The van der Waals surface area contributed by atoms with Gasteiger partial charge in [0, 0.05) is 33.9 Å². The first kappa shape index (κ1) is 52.4. The van der Waals surface area contributed by atoms with E-state index in [2.05, 4.69) is 270 Å². The van der Waals surface area contributed by atoms with Crippen LogP contribution in [0.3, 0.4) is 0 Å². The third kappa shape index (κ3) is 13.1. The monoisotopic (exact) mass is 983 g/mol. The van der Waals surface area contributed by atoms with Crippen molar-refractivity contribution in [1.29, 1.82) is 0 Å². The summed E-state index contributed by atoms with van der Waals surface area (Å²) < 4.78 is 0. The van der Waals surface area contributed by atoms with Gasteiger partial charge in [-0.2, -0.15) is 0 Å². The molecule has 0 aromatic heterocycles. The van der Waals surface area contributed by atoms with Gasteiger partial charge in [0.2, 0.25) is 0 Å². The first-order valence-electron chi connectivity index (χ1n) is 28.1. The summed E-state index contributed by atoms with van der Waals surface area (Å²) in [6.45, 7) is 13.8. The van der Waals surface area contributed by atoms with Crippen molar-refractivity contribution in [2.24, 2.45) is 5.92 Å². The summed E-state index contributed by atoms with van der Waals surface area (Å²) >= 11 is 0. The molecule has 2 nitrogen and oxygen atoms in total. The third-order valence-electron chi connectivity index (χ3n) is 15.3. The Balaban J connectivity index is 0.973. The molecule has 0 spiro atoms. The number of nitrogens with one attached hydrogen (secondary N) is 1. The van der Waals surface area contributed by atoms with Crippen molar-refractivity contribution in [1.82, 2.24) is 0 Å². The Kier molecular flexibility index (Phi) is 17.6. The molecule has 9 rings (SSSR count). The van der Waals surface area contributed by atoms with Gasteiger partial charge in [-0.15, -0.1) is 0 Å². The van der Waals surface area contributed by atoms with Gasteiger partial charge in [0.1, 0.15) is 0 Å². The predicted octanol–water partition coefficient (Wildman–Crippen LogP) is 21.5. The fourth-order valence-corrected chi connectivity index (χ4v) is 11.2. The topological polar surface area (TPSA) is 15.3 Å². The van der Waals surface area contributed by atoms with Gasteiger partial charge in [-0.05, 0) is 172 Å². The van der Waals surface area contributed by atoms with Crippen LogP contribution in [0.2, 0.25) is 0 Å². The highest BCUT2D eigenvalue weighted by Gasteiger charge is 2.30. The smallest absolute Gasteiger partial charge is 0.0464 e. The Labute approximate surface area is 450 Å². The zero-order valence-corrected chi connectivity index (χ0v) is 45.6. The maximum absolute atomic E-state index is 3.82. The minimum atomic E-state index is -0.101. The van der Waals surface area contributed by atoms with Crippen molar-refractivity contribution >= 4 is 28.4 Å². The van der Waals surface area contributed by atoms with Gasteiger partial charge >= 0.3 is 0 Å². The molecule has 0 aliphatic rings. The molecular formula is C73H78N2. The lowest BCUT2D eigenvalue weighted by molar-refractivity contribution is 0.427. The molecule has 75 heavy (non-hydrogen) atoms. The van der Waals surface area contributed by atoms with Gasteiger partial charge < -0.3 is 10.2 Å². The normalized spacial score (nSPS) is 12.1. The molecule has 9 aromatic carbocycles. The highest BCUT2D eigenvalue weighted by molar-refractivity contribution is 5.82. The number of hydrogen-bond acceptors (Lipinski definition) is 2. The Morgan fingerprint density at radius 2 is 0.813 bits per heavy atom. The van der Waals surface area contributed by atoms with E-state index < -0.39 is 0 Å². The van der Waals surface area contributed by atoms with Crippen LogP contribution in [0.4, 0.5) is 28.4 Å². The largest absolute Gasteiger partial charge is 0.356 e. The van der Waals surface area contributed by atoms with Crippen molar-refractivity contribution in [2.75, 3.05) is 10.2 Å². The lowest BCUT2D eigenvalue weighted by Crippen LogP contribution is -2.25. The molecule has 0 bridgehead atoms. The van der Waals surface area contributed by atoms with Crippen LogP contribution in [0.1, 0.15) is 120 Å². The fraction of sp³-hybridized carbons (Fsp3) is 0.260. The van der Waals surface area contributed by atoms with Gasteiger partial charge in [-0.3, -0.25) is 0 Å². The van der Waals surface area contributed by atoms with Crippen LogP contribution in [0.15, 0.2) is 218 Å². The quantitative estimate of drug-likeness (QED) is 0.0643. The van der Waals surface area contributed by atoms with Crippen molar-refractivity contribution in [2.45, 2.75) is 118 Å². The molecule has 0 aliphatic heterocycles. The second-order valence-electron chi connectivity index (χ2n) is 21.6. The van der Waals surface area contributed by atoms with Crippen molar-refractivity contribution in [3.05, 3.63) is 246 Å². The van der Waals surface area contributed by atoms with Crippen LogP contribution in [0, 0.1) is 12.8 Å². The van der Waals surface area contributed by atoms with E-state index in [0.717, 1.165) is 42.0 Å². The van der Waals surface area contributed by atoms with Gasteiger partial charge in [0.15, 0.2) is 0 Å². The summed E-state index contributed by atoms with van der Waals surface area (Å²) in [4.78, 5) is 2.42. The molecule has 1 N–H and O–H groups in total. The molecular weight excluding hydrogens is 905 g/mol. The van der Waals surface area contributed by atoms with Gasteiger partial charge in [0.05, 0.1) is 0 Å². The van der Waals surface area contributed by atoms with Crippen molar-refractivity contribution in [3.8, 4) is 44.5 Å². The molecule has 0 heterocycles. The summed E-state index contributed by atoms with van der Waals surface area (Å²) in [5, 5.41) is 3.82. The SMILES string of the molecule is CCCCCCc1cc(Nc2ccc(-c3ccc(C(C)(CC(C)C)c4ccc(-c5ccc(C)cc5)cc4)cc3)cc2)ccc1-c1ccc(N(c2ccccc2)c2ccc(-c3ccccc3)cc2)cc1CCCCCC. The zero-order chi connectivity index (χ0) is 52.0. The minimum Gasteiger partial charge on any atom is -0.356 e. The Hall–Kier alpha value is -7.42. The number of hydrogen-bond donors (Lipinski definition) is 1. The average molecular weight is 983 g/mol. The van der Waals surface area contributed by atoms with Crippen LogP contribution < -0.4 is 10.2 Å². The molecule has 2 heteroatoms. The van der Waals surface area contributed by atoms with E-state index in [9.17, 15) is 0 Å². The molecule has 9 aromatic rings. The first-order valence-corrected chi connectivity index (χ1v) is 28.1. The molecule has 0 radical (unpaired) electrons. The summed E-state index contributed by atoms with van der Waals surface area (Å²) in [5.41, 5.74) is 22.6. The van der Waals surface area contributed by atoms with E-state index >= 15 is 0 Å². The molecule has 1 atom stereocenters. The molecule has 0 fully saturated rings. The number of aryl methyl sites for hydroxylation is 3. The highest BCUT2D eigenvalue weighted by atomic mass is 15.1. The standard InChI is InChI=1S/C73H78N2/c1-7-9-11-15-23-62-51-67(74-66-43-35-60(36-44-66)59-33-41-65(42-34-59)73(6,53-54(3)4)64-39-31-58(32-40-64)57-29-27-55(5)28-30-57)45-49-71(62)72-50-48-70(52-63(72)24-16-12-10-8-2)75(68-25-19-14-20-26-68)69-46-37-61(38-47-69)56-21-17-13-18-22-56/h13-14,17-22,25-52,54,74H,7-12,15-16,23-24,53H2,1-6H3. The maximum atomic E-state index is 3.82. The molecule has 0 saturated carbocycles. The number of anilines is 5. The number of benzene rings is 9. The average Bonchev–Trinajstić information content (AvgIpc) is 3.45. The predicted molar refractivity (Wildman–Crippen MR) is 325 cm³/mol. The lowest BCUT2D eigenvalue weighted by Gasteiger charge is -2.33. The Morgan fingerprint density at radius 3 is 1.33 bits per heavy atom. The van der Waals surface area contributed by atoms with Crippen LogP contribution in [0.5, 0.6) is 0 Å². The molecule has 1 unspecified atom stereocenters. The summed E-state index contributed by atoms with van der Waals surface area (Å²) in [6, 6.07) is 81.4. The second-order valence-corrected chi connectivity index (χ2v) is 21.6. The van der Waals surface area contributed by atoms with E-state index in [1.165, 1.54) is 129 Å². The Bertz CT molecular complexity index is 3170. The lowest BCUT2D eigenvalue weighted by atomic mass is 9.70. The maximum Gasteiger partial charge on any atom is 0.0464 e. The highest BCUT2D eigenvalue weighted by Crippen LogP contribution is 2.42. The van der Waals surface area contributed by atoms with Crippen LogP contribution >= 0.6 is 0 Å². The van der Waals surface area contributed by atoms with Crippen LogP contribution in [-0.4, -0.2) is 0 Å². The van der Waals surface area contributed by atoms with E-state index in [0.29, 0.717) is 5.92 Å². The third-order valence-corrected chi connectivity index (χ3v) is 15.3. The number of nitrogens with zero attached hydrogens (tertiary/aromatic N) is 1. The fourth-order valence-electron chi connectivity index (χ4n) is 11.2. The number of rotatable bonds is 23. The van der Waals surface area contributed by atoms with Crippen molar-refractivity contribution < 1.29 is 0 Å². The summed E-state index contributed by atoms with van der Waals surface area (Å²) in [5.74, 6) is 0.552. The molecule has 380 valence electrons. The van der Waals surface area contributed by atoms with E-state index in [1.54, 1.807) is 0 Å². The molecule has 0 amide bonds. The minimum absolute atomic E-state index is 0.101. The van der Waals surface area contributed by atoms with Gasteiger partial charge in [0.25, 0.3) is 0 Å². The Morgan fingerprint density at radius 1 is 0.400 bits per heavy atom. The number of unbranched alkanes of at least 4 members (excludes halogenated alkanes) is 6. The number of para-hydroxylation sites is 1. The van der Waals surface area contributed by atoms with E-state index in [1.807, 2.05) is 0 Å². The molecule has 0 saturated heterocycles. The van der Waals surface area contributed by atoms with E-state index in [4.69, 9.17) is 0 Å². The van der Waals surface area contributed by atoms with Crippen LogP contribution in [0.25, 0.3) is 44.5 Å². The summed E-state index contributed by atoms with van der Waals surface area (Å²) in [7, 11) is 0. The first-order chi connectivity index (χ1) is 36.7. The van der Waals surface area contributed by atoms with Crippen LogP contribution in [-0.2, 0) is 18.3 Å². The van der Waals surface area contributed by atoms with Crippen molar-refractivity contribution in [3.63, 3.8) is 0 Å². The molecule has 0 aliphatic carbocycles. The zero-order valence-electron chi connectivity index (χ0n) is 45.6. The second kappa shape index (κ2) is 25.2. The van der Waals surface area contributed by atoms with Gasteiger partial charge in [-0.1, -0.05) is 236 Å². The van der Waals surface area contributed by atoms with E-state index in [-0.39, 0.29) is 5.41 Å². The summed E-state index contributed by atoms with van der Waals surface area (Å²) in [6.07, 6.45) is 13.0.